The fraction of sp³-hybridized carbons (Fsp3) is 0.296. The Balaban J connectivity index is 1.95. The van der Waals surface area contributed by atoms with Gasteiger partial charge in [0.1, 0.15) is 17.9 Å². The SMILES string of the molecule is C=CC(=O)N(CCC(C)C)c1ccc(OC)c(Nc2ncc(Cl)c(Nc3ccccc3P(C)(C)=O)n2)c1. The number of amides is 1. The maximum Gasteiger partial charge on any atom is 0.250 e. The number of halogens is 1. The zero-order valence-electron chi connectivity index (χ0n) is 21.8. The molecule has 2 aromatic carbocycles. The van der Waals surface area contributed by atoms with E-state index in [0.717, 1.165) is 6.42 Å². The van der Waals surface area contributed by atoms with Gasteiger partial charge in [0.25, 0.3) is 0 Å². The molecule has 0 aliphatic rings. The number of benzene rings is 2. The van der Waals surface area contributed by atoms with Crippen LogP contribution in [0.15, 0.2) is 61.3 Å². The summed E-state index contributed by atoms with van der Waals surface area (Å²) >= 11 is 6.39. The second-order valence-corrected chi connectivity index (χ2v) is 12.9. The molecule has 1 aromatic heterocycles. The van der Waals surface area contributed by atoms with Crippen molar-refractivity contribution >= 4 is 58.8 Å². The van der Waals surface area contributed by atoms with Gasteiger partial charge in [-0.05, 0) is 62.1 Å². The molecule has 3 aromatic rings. The van der Waals surface area contributed by atoms with E-state index < -0.39 is 7.14 Å². The number of methoxy groups -OCH3 is 1. The normalized spacial score (nSPS) is 11.2. The summed E-state index contributed by atoms with van der Waals surface area (Å²) in [5.41, 5.74) is 1.93. The summed E-state index contributed by atoms with van der Waals surface area (Å²) in [6.45, 7) is 11.8. The Morgan fingerprint density at radius 2 is 1.92 bits per heavy atom. The van der Waals surface area contributed by atoms with Gasteiger partial charge in [0.05, 0.1) is 24.7 Å². The molecule has 2 N–H and O–H groups in total. The van der Waals surface area contributed by atoms with E-state index >= 15 is 0 Å². The van der Waals surface area contributed by atoms with Crippen molar-refractivity contribution in [3.63, 3.8) is 0 Å². The number of anilines is 5. The number of carbonyl (C=O) groups is 1. The topological polar surface area (TPSA) is 96.5 Å². The van der Waals surface area contributed by atoms with E-state index in [0.29, 0.717) is 51.4 Å². The summed E-state index contributed by atoms with van der Waals surface area (Å²) in [5, 5.41) is 7.37. The van der Waals surface area contributed by atoms with Gasteiger partial charge in [-0.2, -0.15) is 4.98 Å². The first-order valence-electron chi connectivity index (χ1n) is 11.9. The average Bonchev–Trinajstić information content (AvgIpc) is 2.85. The summed E-state index contributed by atoms with van der Waals surface area (Å²) in [6.07, 6.45) is 3.63. The number of rotatable bonds is 11. The standard InChI is InChI=1S/C27H33ClN5O3P/c1-7-25(34)33(15-14-18(2)3)19-12-13-23(36-4)22(16-19)31-27-29-17-20(28)26(32-27)30-21-10-8-9-11-24(21)37(5,6)35/h7-13,16-18H,1,14-15H2,2-6H3,(H2,29,30,31,32). The Kier molecular flexibility index (Phi) is 9.35. The Morgan fingerprint density at radius 3 is 2.57 bits per heavy atom. The van der Waals surface area contributed by atoms with Crippen LogP contribution in [-0.4, -0.2) is 42.9 Å². The van der Waals surface area contributed by atoms with Crippen LogP contribution in [0.4, 0.5) is 28.8 Å². The van der Waals surface area contributed by atoms with Crippen LogP contribution >= 0.6 is 18.7 Å². The van der Waals surface area contributed by atoms with Crippen LogP contribution in [0.1, 0.15) is 20.3 Å². The molecule has 0 fully saturated rings. The molecule has 196 valence electrons. The summed E-state index contributed by atoms with van der Waals surface area (Å²) in [7, 11) is -0.982. The van der Waals surface area contributed by atoms with Crippen molar-refractivity contribution in [2.45, 2.75) is 20.3 Å². The molecule has 1 heterocycles. The average molecular weight is 542 g/mol. The van der Waals surface area contributed by atoms with Crippen molar-refractivity contribution in [2.24, 2.45) is 5.92 Å². The smallest absolute Gasteiger partial charge is 0.250 e. The number of nitrogens with one attached hydrogen (secondary N) is 2. The lowest BCUT2D eigenvalue weighted by molar-refractivity contribution is -0.114. The predicted molar refractivity (Wildman–Crippen MR) is 154 cm³/mol. The second kappa shape index (κ2) is 12.3. The Labute approximate surface area is 223 Å². The Hall–Kier alpha value is -3.35. The molecule has 8 nitrogen and oxygen atoms in total. The van der Waals surface area contributed by atoms with E-state index in [-0.39, 0.29) is 11.9 Å². The van der Waals surface area contributed by atoms with Gasteiger partial charge in [0.15, 0.2) is 5.82 Å². The molecule has 0 bridgehead atoms. The zero-order valence-corrected chi connectivity index (χ0v) is 23.4. The van der Waals surface area contributed by atoms with Crippen LogP contribution in [0.2, 0.25) is 5.02 Å². The van der Waals surface area contributed by atoms with Gasteiger partial charge < -0.3 is 24.8 Å². The van der Waals surface area contributed by atoms with Gasteiger partial charge in [-0.25, -0.2) is 4.98 Å². The van der Waals surface area contributed by atoms with Crippen molar-refractivity contribution in [3.8, 4) is 5.75 Å². The summed E-state index contributed by atoms with van der Waals surface area (Å²) in [6, 6.07) is 12.8. The highest BCUT2D eigenvalue weighted by Gasteiger charge is 2.19. The number of hydrogen-bond acceptors (Lipinski definition) is 7. The van der Waals surface area contributed by atoms with E-state index in [4.69, 9.17) is 16.3 Å². The first kappa shape index (κ1) is 28.2. The van der Waals surface area contributed by atoms with Gasteiger partial charge in [-0.15, -0.1) is 0 Å². The van der Waals surface area contributed by atoms with Crippen molar-refractivity contribution in [2.75, 3.05) is 42.5 Å². The van der Waals surface area contributed by atoms with Crippen molar-refractivity contribution < 1.29 is 14.1 Å². The third-order valence-corrected chi connectivity index (χ3v) is 7.42. The molecule has 0 radical (unpaired) electrons. The lowest BCUT2D eigenvalue weighted by atomic mass is 10.1. The predicted octanol–water partition coefficient (Wildman–Crippen LogP) is 6.44. The number of hydrogen-bond donors (Lipinski definition) is 2. The fourth-order valence-corrected chi connectivity index (χ4v) is 4.93. The summed E-state index contributed by atoms with van der Waals surface area (Å²) < 4.78 is 18.3. The molecule has 0 atom stereocenters. The molecular formula is C27H33ClN5O3P. The van der Waals surface area contributed by atoms with Crippen molar-refractivity contribution in [3.05, 3.63) is 66.3 Å². The van der Waals surface area contributed by atoms with Gasteiger partial charge >= 0.3 is 0 Å². The maximum atomic E-state index is 12.8. The minimum atomic E-state index is -2.54. The molecule has 1 amide bonds. The third kappa shape index (κ3) is 7.34. The molecule has 0 aliphatic carbocycles. The van der Waals surface area contributed by atoms with Crippen molar-refractivity contribution in [1.29, 1.82) is 0 Å². The highest BCUT2D eigenvalue weighted by atomic mass is 35.5. The highest BCUT2D eigenvalue weighted by molar-refractivity contribution is 7.70. The number of aromatic nitrogens is 2. The van der Waals surface area contributed by atoms with Crippen LogP contribution in [0.25, 0.3) is 0 Å². The zero-order chi connectivity index (χ0) is 27.2. The lowest BCUT2D eigenvalue weighted by Gasteiger charge is -2.24. The fourth-order valence-electron chi connectivity index (χ4n) is 3.64. The highest BCUT2D eigenvalue weighted by Crippen LogP contribution is 2.39. The Morgan fingerprint density at radius 1 is 1.19 bits per heavy atom. The molecule has 0 aliphatic heterocycles. The van der Waals surface area contributed by atoms with Gasteiger partial charge in [0.2, 0.25) is 11.9 Å². The summed E-state index contributed by atoms with van der Waals surface area (Å²) in [5.74, 6) is 1.42. The number of nitrogens with zero attached hydrogens (tertiary/aromatic N) is 3. The largest absolute Gasteiger partial charge is 0.495 e. The quantitative estimate of drug-likeness (QED) is 0.213. The third-order valence-electron chi connectivity index (χ3n) is 5.59. The number of para-hydroxylation sites is 1. The maximum absolute atomic E-state index is 12.8. The van der Waals surface area contributed by atoms with Crippen LogP contribution < -0.4 is 25.6 Å². The minimum Gasteiger partial charge on any atom is -0.495 e. The summed E-state index contributed by atoms with van der Waals surface area (Å²) in [4.78, 5) is 23.1. The van der Waals surface area contributed by atoms with Gasteiger partial charge in [-0.1, -0.05) is 44.2 Å². The molecule has 3 rings (SSSR count). The molecule has 0 unspecified atom stereocenters. The molecule has 37 heavy (non-hydrogen) atoms. The van der Waals surface area contributed by atoms with Crippen molar-refractivity contribution in [1.82, 2.24) is 9.97 Å². The van der Waals surface area contributed by atoms with Gasteiger partial charge in [0, 0.05) is 17.5 Å². The molecule has 0 spiro atoms. The van der Waals surface area contributed by atoms with E-state index in [9.17, 15) is 9.36 Å². The van der Waals surface area contributed by atoms with Crippen LogP contribution in [0.5, 0.6) is 5.75 Å². The molecule has 0 saturated heterocycles. The first-order chi connectivity index (χ1) is 17.5. The molecular weight excluding hydrogens is 509 g/mol. The van der Waals surface area contributed by atoms with E-state index in [2.05, 4.69) is 41.0 Å². The lowest BCUT2D eigenvalue weighted by Crippen LogP contribution is -2.31. The second-order valence-electron chi connectivity index (χ2n) is 9.27. The molecule has 0 saturated carbocycles. The van der Waals surface area contributed by atoms with Crippen LogP contribution in [0, 0.1) is 5.92 Å². The first-order valence-corrected chi connectivity index (χ1v) is 14.8. The van der Waals surface area contributed by atoms with Crippen LogP contribution in [-0.2, 0) is 9.36 Å². The number of ether oxygens (including phenoxy) is 1. The van der Waals surface area contributed by atoms with E-state index in [1.807, 2.05) is 36.4 Å². The minimum absolute atomic E-state index is 0.186. The molecule has 10 heteroatoms. The van der Waals surface area contributed by atoms with E-state index in [1.165, 1.54) is 12.3 Å². The Bertz CT molecular complexity index is 1330. The van der Waals surface area contributed by atoms with Crippen LogP contribution in [0.3, 0.4) is 0 Å². The van der Waals surface area contributed by atoms with E-state index in [1.54, 1.807) is 31.4 Å². The van der Waals surface area contributed by atoms with Gasteiger partial charge in [-0.3, -0.25) is 4.79 Å². The number of carbonyl (C=O) groups excluding carboxylic acids is 1. The monoisotopic (exact) mass is 541 g/mol.